The first-order valence-corrected chi connectivity index (χ1v) is 10.4. The van der Waals surface area contributed by atoms with Crippen LogP contribution in [0.1, 0.15) is 88.7 Å². The first-order valence-electron chi connectivity index (χ1n) is 10.4. The molecule has 0 fully saturated rings. The van der Waals surface area contributed by atoms with Crippen LogP contribution in [0, 0.1) is 11.8 Å². The van der Waals surface area contributed by atoms with Crippen molar-refractivity contribution >= 4 is 5.97 Å². The molecule has 4 nitrogen and oxygen atoms in total. The second kappa shape index (κ2) is 13.7. The van der Waals surface area contributed by atoms with E-state index in [-0.39, 0.29) is 12.0 Å². The predicted octanol–water partition coefficient (Wildman–Crippen LogP) is 5.09. The topological polar surface area (TPSA) is 77.8 Å². The summed E-state index contributed by atoms with van der Waals surface area (Å²) in [5.74, 6) is -0.281. The zero-order valence-corrected chi connectivity index (χ0v) is 18.0. The van der Waals surface area contributed by atoms with Crippen molar-refractivity contribution in [1.29, 1.82) is 0 Å². The summed E-state index contributed by atoms with van der Waals surface area (Å²) in [6.45, 7) is 12.1. The van der Waals surface area contributed by atoms with Crippen molar-refractivity contribution in [2.24, 2.45) is 11.8 Å². The van der Waals surface area contributed by atoms with E-state index in [9.17, 15) is 15.0 Å². The van der Waals surface area contributed by atoms with Gasteiger partial charge in [0.2, 0.25) is 0 Å². The number of carbonyl (C=O) groups is 1. The van der Waals surface area contributed by atoms with Gasteiger partial charge in [-0.05, 0) is 55.7 Å². The summed E-state index contributed by atoms with van der Waals surface area (Å²) in [5, 5.41) is 28.1. The van der Waals surface area contributed by atoms with Gasteiger partial charge in [-0.25, -0.2) is 4.79 Å². The van der Waals surface area contributed by atoms with Crippen LogP contribution in [0.2, 0.25) is 0 Å². The predicted molar refractivity (Wildman–Crippen MR) is 112 cm³/mol. The Morgan fingerprint density at radius 1 is 1.00 bits per heavy atom. The summed E-state index contributed by atoms with van der Waals surface area (Å²) in [6, 6.07) is 5.58. The quantitative estimate of drug-likeness (QED) is 0.528. The number of aryl methyl sites for hydroxylation is 1. The molecular formula is C23H40O4. The number of carboxylic acids is 1. The van der Waals surface area contributed by atoms with E-state index in [1.54, 1.807) is 13.0 Å². The Bertz CT molecular complexity index is 537. The molecule has 0 aromatic heterocycles. The van der Waals surface area contributed by atoms with Crippen LogP contribution in [0.15, 0.2) is 18.2 Å². The van der Waals surface area contributed by atoms with Gasteiger partial charge in [0.05, 0.1) is 17.8 Å². The van der Waals surface area contributed by atoms with Crippen molar-refractivity contribution in [3.05, 3.63) is 34.9 Å². The number of aliphatic hydroxyl groups excluding tert-OH is 2. The molecule has 0 amide bonds. The fourth-order valence-corrected chi connectivity index (χ4v) is 3.48. The van der Waals surface area contributed by atoms with E-state index >= 15 is 0 Å². The Labute approximate surface area is 165 Å². The van der Waals surface area contributed by atoms with E-state index in [0.29, 0.717) is 11.5 Å². The van der Waals surface area contributed by atoms with E-state index in [1.807, 2.05) is 19.1 Å². The fraction of sp³-hybridized carbons (Fsp3) is 0.696. The van der Waals surface area contributed by atoms with Gasteiger partial charge in [0, 0.05) is 5.92 Å². The zero-order chi connectivity index (χ0) is 21.0. The van der Waals surface area contributed by atoms with E-state index in [2.05, 4.69) is 27.7 Å². The molecule has 27 heavy (non-hydrogen) atoms. The molecule has 1 rings (SSSR count). The van der Waals surface area contributed by atoms with Crippen molar-refractivity contribution in [3.8, 4) is 0 Å². The van der Waals surface area contributed by atoms with Crippen LogP contribution in [-0.2, 0) is 12.8 Å². The van der Waals surface area contributed by atoms with Crippen molar-refractivity contribution in [3.63, 3.8) is 0 Å². The van der Waals surface area contributed by atoms with Crippen LogP contribution >= 0.6 is 0 Å². The number of aromatic carboxylic acids is 1. The third-order valence-corrected chi connectivity index (χ3v) is 4.82. The highest BCUT2D eigenvalue weighted by atomic mass is 16.4. The molecule has 1 aromatic carbocycles. The van der Waals surface area contributed by atoms with Gasteiger partial charge in [-0.15, -0.1) is 0 Å². The normalized spacial score (nSPS) is 14.3. The number of hydrogen-bond acceptors (Lipinski definition) is 3. The van der Waals surface area contributed by atoms with Crippen molar-refractivity contribution in [1.82, 2.24) is 0 Å². The lowest BCUT2D eigenvalue weighted by Gasteiger charge is -2.25. The highest BCUT2D eigenvalue weighted by Gasteiger charge is 2.22. The third-order valence-electron chi connectivity index (χ3n) is 4.82. The van der Waals surface area contributed by atoms with Gasteiger partial charge in [0.25, 0.3) is 0 Å². The number of carboxylic acid groups (broad SMARTS) is 1. The van der Waals surface area contributed by atoms with E-state index in [1.165, 1.54) is 5.56 Å². The molecule has 0 aliphatic carbocycles. The molecule has 0 saturated carbocycles. The second-order valence-corrected chi connectivity index (χ2v) is 7.76. The second-order valence-electron chi connectivity index (χ2n) is 7.76. The van der Waals surface area contributed by atoms with Crippen molar-refractivity contribution in [2.75, 3.05) is 0 Å². The number of rotatable bonds is 10. The highest BCUT2D eigenvalue weighted by Crippen LogP contribution is 2.20. The first kappa shape index (κ1) is 25.6. The molecule has 1 aromatic rings. The lowest BCUT2D eigenvalue weighted by Crippen LogP contribution is -2.30. The minimum absolute atomic E-state index is 0.0346. The lowest BCUT2D eigenvalue weighted by atomic mass is 9.89. The van der Waals surface area contributed by atoms with Gasteiger partial charge < -0.3 is 15.3 Å². The van der Waals surface area contributed by atoms with Crippen LogP contribution < -0.4 is 0 Å². The third kappa shape index (κ3) is 9.39. The summed E-state index contributed by atoms with van der Waals surface area (Å²) >= 11 is 0. The van der Waals surface area contributed by atoms with Gasteiger partial charge >= 0.3 is 5.97 Å². The molecule has 0 spiro atoms. The van der Waals surface area contributed by atoms with Crippen LogP contribution in [0.3, 0.4) is 0 Å². The minimum atomic E-state index is -0.809. The number of benzene rings is 1. The molecule has 0 saturated heterocycles. The maximum Gasteiger partial charge on any atom is 0.335 e. The van der Waals surface area contributed by atoms with Crippen LogP contribution in [0.4, 0.5) is 0 Å². The monoisotopic (exact) mass is 380 g/mol. The molecule has 3 N–H and O–H groups in total. The van der Waals surface area contributed by atoms with Crippen LogP contribution in [0.5, 0.6) is 0 Å². The molecule has 156 valence electrons. The van der Waals surface area contributed by atoms with Gasteiger partial charge in [-0.3, -0.25) is 0 Å². The Kier molecular flexibility index (Phi) is 13.0. The summed E-state index contributed by atoms with van der Waals surface area (Å²) in [5.41, 5.74) is 2.69. The van der Waals surface area contributed by atoms with Gasteiger partial charge in [-0.1, -0.05) is 59.6 Å². The minimum Gasteiger partial charge on any atom is -0.478 e. The maximum absolute atomic E-state index is 11.1. The lowest BCUT2D eigenvalue weighted by molar-refractivity contribution is 0.00929. The van der Waals surface area contributed by atoms with Gasteiger partial charge in [0.1, 0.15) is 0 Å². The standard InChI is InChI=1S/C13H18O2.C10H22O2/c1-3-6-10-8-5-9-12(13(14)15)11(10)7-4-2;1-5-9(8(4)11)10(12)6-7(2)3/h5,8-9H,3-4,6-7H2,1-2H3,(H,14,15);7-12H,5-6H2,1-4H3. The molecule has 4 heteroatoms. The number of hydrogen-bond donors (Lipinski definition) is 3. The molecule has 3 atom stereocenters. The Hall–Kier alpha value is -1.39. The largest absolute Gasteiger partial charge is 0.478 e. The van der Waals surface area contributed by atoms with Gasteiger partial charge in [0.15, 0.2) is 0 Å². The van der Waals surface area contributed by atoms with Crippen LogP contribution in [0.25, 0.3) is 0 Å². The summed E-state index contributed by atoms with van der Waals surface area (Å²) < 4.78 is 0. The van der Waals surface area contributed by atoms with E-state index in [0.717, 1.165) is 44.1 Å². The molecule has 0 radical (unpaired) electrons. The number of aliphatic hydroxyl groups is 2. The van der Waals surface area contributed by atoms with E-state index in [4.69, 9.17) is 5.11 Å². The molecule has 0 heterocycles. The van der Waals surface area contributed by atoms with E-state index < -0.39 is 12.1 Å². The molecular weight excluding hydrogens is 340 g/mol. The Morgan fingerprint density at radius 2 is 1.59 bits per heavy atom. The first-order chi connectivity index (χ1) is 12.7. The maximum atomic E-state index is 11.1. The molecule has 0 bridgehead atoms. The summed E-state index contributed by atoms with van der Waals surface area (Å²) in [7, 11) is 0. The van der Waals surface area contributed by atoms with Crippen LogP contribution in [-0.4, -0.2) is 33.5 Å². The van der Waals surface area contributed by atoms with Crippen molar-refractivity contribution in [2.45, 2.75) is 92.3 Å². The smallest absolute Gasteiger partial charge is 0.335 e. The van der Waals surface area contributed by atoms with Gasteiger partial charge in [-0.2, -0.15) is 0 Å². The molecule has 3 unspecified atom stereocenters. The SMILES string of the molecule is CCC(C(C)O)C(O)CC(C)C.CCCc1cccc(C(=O)O)c1CCC. The summed E-state index contributed by atoms with van der Waals surface area (Å²) in [4.78, 5) is 11.1. The highest BCUT2D eigenvalue weighted by molar-refractivity contribution is 5.89. The Morgan fingerprint density at radius 3 is 2.00 bits per heavy atom. The zero-order valence-electron chi connectivity index (χ0n) is 18.0. The average molecular weight is 381 g/mol. The average Bonchev–Trinajstić information content (AvgIpc) is 2.56. The van der Waals surface area contributed by atoms with Crippen molar-refractivity contribution < 1.29 is 20.1 Å². The summed E-state index contributed by atoms with van der Waals surface area (Å²) in [6.07, 6.45) is 4.74. The fourth-order valence-electron chi connectivity index (χ4n) is 3.48. The molecule has 0 aliphatic rings. The Balaban J connectivity index is 0.000000516. The molecule has 0 aliphatic heterocycles.